The van der Waals surface area contributed by atoms with Crippen LogP contribution in [0.2, 0.25) is 5.02 Å². The maximum atomic E-state index is 14.0. The molecule has 5 heteroatoms. The number of hydrogen-bond acceptors (Lipinski definition) is 2. The largest absolute Gasteiger partial charge is 0.485 e. The number of ether oxygens (including phenoxy) is 1. The summed E-state index contributed by atoms with van der Waals surface area (Å²) in [4.78, 5) is 0. The summed E-state index contributed by atoms with van der Waals surface area (Å²) in [6.45, 7) is 0. The summed E-state index contributed by atoms with van der Waals surface area (Å²) in [5.74, 6) is 0.325. The lowest BCUT2D eigenvalue weighted by Gasteiger charge is -2.31. The predicted octanol–water partition coefficient (Wildman–Crippen LogP) is 4.77. The van der Waals surface area contributed by atoms with Crippen molar-refractivity contribution in [2.75, 3.05) is 0 Å². The van der Waals surface area contributed by atoms with E-state index in [1.807, 2.05) is 18.2 Å². The van der Waals surface area contributed by atoms with Gasteiger partial charge in [0.05, 0.1) is 0 Å². The molecule has 0 bridgehead atoms. The van der Waals surface area contributed by atoms with Gasteiger partial charge in [0.1, 0.15) is 17.7 Å². The van der Waals surface area contributed by atoms with Gasteiger partial charge >= 0.3 is 0 Å². The summed E-state index contributed by atoms with van der Waals surface area (Å²) in [5.41, 5.74) is 7.59. The molecule has 0 aliphatic carbocycles. The van der Waals surface area contributed by atoms with Crippen LogP contribution in [0, 0.1) is 5.82 Å². The van der Waals surface area contributed by atoms with Crippen LogP contribution >= 0.6 is 27.5 Å². The molecule has 3 rings (SSSR count). The molecule has 0 saturated carbocycles. The van der Waals surface area contributed by atoms with Crippen molar-refractivity contribution in [1.82, 2.24) is 0 Å². The van der Waals surface area contributed by atoms with E-state index < -0.39 is 6.10 Å². The minimum atomic E-state index is -0.399. The number of nitrogens with two attached hydrogens (primary N) is 1. The van der Waals surface area contributed by atoms with Crippen LogP contribution in [-0.2, 0) is 0 Å². The molecule has 0 amide bonds. The molecule has 2 aromatic carbocycles. The smallest absolute Gasteiger partial charge is 0.131 e. The minimum absolute atomic E-state index is 0.174. The van der Waals surface area contributed by atoms with Crippen molar-refractivity contribution in [3.63, 3.8) is 0 Å². The summed E-state index contributed by atoms with van der Waals surface area (Å²) in [7, 11) is 0. The Kier molecular flexibility index (Phi) is 3.71. The summed E-state index contributed by atoms with van der Waals surface area (Å²) < 4.78 is 20.8. The topological polar surface area (TPSA) is 35.2 Å². The van der Waals surface area contributed by atoms with Gasteiger partial charge in [0.15, 0.2) is 0 Å². The molecule has 0 spiro atoms. The molecule has 104 valence electrons. The van der Waals surface area contributed by atoms with Crippen LogP contribution in [0.15, 0.2) is 40.9 Å². The average molecular weight is 357 g/mol. The highest BCUT2D eigenvalue weighted by Gasteiger charge is 2.28. The van der Waals surface area contributed by atoms with Gasteiger partial charge in [0, 0.05) is 33.1 Å². The zero-order valence-electron chi connectivity index (χ0n) is 10.4. The standard InChI is InChI=1S/C15H12BrClFNO/c16-8-1-3-11-13(19)7-15(20-14(11)5-8)10-4-2-9(17)6-12(10)18/h1-6,13,15H,7,19H2/t13-,15?/m0/s1. The van der Waals surface area contributed by atoms with E-state index in [2.05, 4.69) is 15.9 Å². The fourth-order valence-corrected chi connectivity index (χ4v) is 2.93. The van der Waals surface area contributed by atoms with Gasteiger partial charge in [-0.2, -0.15) is 0 Å². The lowest BCUT2D eigenvalue weighted by molar-refractivity contribution is 0.157. The number of hydrogen-bond donors (Lipinski definition) is 1. The van der Waals surface area contributed by atoms with Gasteiger partial charge in [-0.25, -0.2) is 4.39 Å². The average Bonchev–Trinajstić information content (AvgIpc) is 2.37. The molecule has 2 N–H and O–H groups in total. The van der Waals surface area contributed by atoms with Crippen molar-refractivity contribution >= 4 is 27.5 Å². The second-order valence-electron chi connectivity index (χ2n) is 4.80. The van der Waals surface area contributed by atoms with Crippen LogP contribution < -0.4 is 10.5 Å². The van der Waals surface area contributed by atoms with Crippen molar-refractivity contribution < 1.29 is 9.13 Å². The first-order chi connectivity index (χ1) is 9.54. The third-order valence-electron chi connectivity index (χ3n) is 3.42. The zero-order valence-corrected chi connectivity index (χ0v) is 12.8. The summed E-state index contributed by atoms with van der Waals surface area (Å²) >= 11 is 9.17. The lowest BCUT2D eigenvalue weighted by Crippen LogP contribution is -2.24. The fourth-order valence-electron chi connectivity index (χ4n) is 2.43. The molecule has 0 radical (unpaired) electrons. The molecule has 0 fully saturated rings. The fraction of sp³-hybridized carbons (Fsp3) is 0.200. The second kappa shape index (κ2) is 5.35. The van der Waals surface area contributed by atoms with Gasteiger partial charge in [-0.1, -0.05) is 39.7 Å². The molecule has 0 aromatic heterocycles. The molecule has 1 unspecified atom stereocenters. The van der Waals surface area contributed by atoms with Crippen molar-refractivity contribution in [2.45, 2.75) is 18.6 Å². The van der Waals surface area contributed by atoms with Crippen LogP contribution in [0.5, 0.6) is 5.75 Å². The van der Waals surface area contributed by atoms with Crippen LogP contribution in [0.3, 0.4) is 0 Å². The molecular weight excluding hydrogens is 345 g/mol. The molecule has 2 aromatic rings. The van der Waals surface area contributed by atoms with E-state index in [1.54, 1.807) is 12.1 Å². The Hall–Kier alpha value is -1.10. The van der Waals surface area contributed by atoms with Gasteiger partial charge in [-0.3, -0.25) is 0 Å². The van der Waals surface area contributed by atoms with E-state index in [9.17, 15) is 4.39 Å². The monoisotopic (exact) mass is 355 g/mol. The molecule has 20 heavy (non-hydrogen) atoms. The SMILES string of the molecule is N[C@H]1CC(c2ccc(Cl)cc2F)Oc2cc(Br)ccc21. The Morgan fingerprint density at radius 3 is 2.70 bits per heavy atom. The summed E-state index contributed by atoms with van der Waals surface area (Å²) in [6, 6.07) is 10.1. The number of fused-ring (bicyclic) bond motifs is 1. The molecule has 1 aliphatic rings. The highest BCUT2D eigenvalue weighted by atomic mass is 79.9. The first kappa shape index (κ1) is 13.9. The highest BCUT2D eigenvalue weighted by molar-refractivity contribution is 9.10. The van der Waals surface area contributed by atoms with Gasteiger partial charge in [0.2, 0.25) is 0 Å². The van der Waals surface area contributed by atoms with E-state index in [0.29, 0.717) is 22.8 Å². The quantitative estimate of drug-likeness (QED) is 0.799. The van der Waals surface area contributed by atoms with Gasteiger partial charge in [-0.15, -0.1) is 0 Å². The normalized spacial score (nSPS) is 21.2. The van der Waals surface area contributed by atoms with Crippen molar-refractivity contribution in [3.05, 3.63) is 62.8 Å². The second-order valence-corrected chi connectivity index (χ2v) is 6.15. The first-order valence-electron chi connectivity index (χ1n) is 6.21. The molecule has 0 saturated heterocycles. The number of rotatable bonds is 1. The lowest BCUT2D eigenvalue weighted by atomic mass is 9.93. The molecule has 1 aliphatic heterocycles. The van der Waals surface area contributed by atoms with Crippen molar-refractivity contribution in [3.8, 4) is 5.75 Å². The van der Waals surface area contributed by atoms with Gasteiger partial charge in [-0.05, 0) is 24.3 Å². The van der Waals surface area contributed by atoms with Crippen LogP contribution in [0.25, 0.3) is 0 Å². The maximum Gasteiger partial charge on any atom is 0.131 e. The molecule has 1 heterocycles. The van der Waals surface area contributed by atoms with E-state index in [4.69, 9.17) is 22.1 Å². The van der Waals surface area contributed by atoms with E-state index >= 15 is 0 Å². The Balaban J connectivity index is 1.98. The molecule has 2 nitrogen and oxygen atoms in total. The number of halogens is 3. The predicted molar refractivity (Wildman–Crippen MR) is 80.5 cm³/mol. The number of benzene rings is 2. The van der Waals surface area contributed by atoms with E-state index in [0.717, 1.165) is 10.0 Å². The van der Waals surface area contributed by atoms with Gasteiger partial charge in [0.25, 0.3) is 0 Å². The Morgan fingerprint density at radius 2 is 1.95 bits per heavy atom. The van der Waals surface area contributed by atoms with Gasteiger partial charge < -0.3 is 10.5 Å². The van der Waals surface area contributed by atoms with Crippen LogP contribution in [0.4, 0.5) is 4.39 Å². The minimum Gasteiger partial charge on any atom is -0.485 e. The third kappa shape index (κ3) is 2.55. The van der Waals surface area contributed by atoms with Crippen LogP contribution in [-0.4, -0.2) is 0 Å². The van der Waals surface area contributed by atoms with Crippen molar-refractivity contribution in [1.29, 1.82) is 0 Å². The highest BCUT2D eigenvalue weighted by Crippen LogP contribution is 2.41. The Morgan fingerprint density at radius 1 is 1.20 bits per heavy atom. The maximum absolute atomic E-state index is 14.0. The molecular formula is C15H12BrClFNO. The zero-order chi connectivity index (χ0) is 14.3. The van der Waals surface area contributed by atoms with Crippen LogP contribution in [0.1, 0.15) is 29.7 Å². The third-order valence-corrected chi connectivity index (χ3v) is 4.15. The Bertz CT molecular complexity index is 664. The van der Waals surface area contributed by atoms with Crippen molar-refractivity contribution in [2.24, 2.45) is 5.73 Å². The summed E-state index contributed by atoms with van der Waals surface area (Å²) in [6.07, 6.45) is 0.136. The molecule has 2 atom stereocenters. The Labute approximate surface area is 129 Å². The summed E-state index contributed by atoms with van der Waals surface area (Å²) in [5, 5.41) is 0.370. The van der Waals surface area contributed by atoms with E-state index in [-0.39, 0.29) is 11.9 Å². The first-order valence-corrected chi connectivity index (χ1v) is 7.38. The van der Waals surface area contributed by atoms with E-state index in [1.165, 1.54) is 6.07 Å².